The summed E-state index contributed by atoms with van der Waals surface area (Å²) < 4.78 is 0. The van der Waals surface area contributed by atoms with Crippen molar-refractivity contribution in [2.45, 2.75) is 32.1 Å². The number of rotatable bonds is 3. The van der Waals surface area contributed by atoms with Gasteiger partial charge in [0.1, 0.15) is 0 Å². The van der Waals surface area contributed by atoms with Crippen LogP contribution in [0.2, 0.25) is 0 Å². The highest BCUT2D eigenvalue weighted by atomic mass is 35.5. The van der Waals surface area contributed by atoms with Crippen LogP contribution in [-0.4, -0.2) is 11.8 Å². The van der Waals surface area contributed by atoms with Gasteiger partial charge >= 0.3 is 0 Å². The lowest BCUT2D eigenvalue weighted by Crippen LogP contribution is -2.21. The minimum Gasteiger partial charge on any atom is -0.326 e. The van der Waals surface area contributed by atoms with Crippen molar-refractivity contribution in [1.82, 2.24) is 0 Å². The predicted molar refractivity (Wildman–Crippen MR) is 67.1 cm³/mol. The van der Waals surface area contributed by atoms with E-state index in [1.807, 2.05) is 6.07 Å². The average molecular weight is 238 g/mol. The van der Waals surface area contributed by atoms with Crippen LogP contribution in [0.5, 0.6) is 0 Å². The number of nitrogens with one attached hydrogen (secondary N) is 1. The lowest BCUT2D eigenvalue weighted by Gasteiger charge is -2.23. The van der Waals surface area contributed by atoms with Gasteiger partial charge < -0.3 is 5.32 Å². The number of hydrogen-bond donors (Lipinski definition) is 1. The molecule has 0 radical (unpaired) electrons. The van der Waals surface area contributed by atoms with Crippen LogP contribution in [0.15, 0.2) is 18.2 Å². The molecule has 1 aromatic rings. The molecule has 1 heterocycles. The van der Waals surface area contributed by atoms with Crippen LogP contribution in [0.1, 0.15) is 36.8 Å². The first-order chi connectivity index (χ1) is 7.70. The third kappa shape index (κ3) is 2.38. The highest BCUT2D eigenvalue weighted by molar-refractivity contribution is 6.17. The summed E-state index contributed by atoms with van der Waals surface area (Å²) in [5, 5.41) is 2.91. The van der Waals surface area contributed by atoms with Crippen LogP contribution in [0.25, 0.3) is 0 Å². The van der Waals surface area contributed by atoms with Crippen LogP contribution < -0.4 is 5.32 Å². The molecule has 1 amide bonds. The quantitative estimate of drug-likeness (QED) is 0.803. The lowest BCUT2D eigenvalue weighted by atomic mass is 9.90. The van der Waals surface area contributed by atoms with Crippen molar-refractivity contribution < 1.29 is 4.79 Å². The lowest BCUT2D eigenvalue weighted by molar-refractivity contribution is -0.116. The summed E-state index contributed by atoms with van der Waals surface area (Å²) in [4.78, 5) is 11.4. The molecular weight excluding hydrogens is 222 g/mol. The molecule has 1 aliphatic rings. The molecule has 0 fully saturated rings. The monoisotopic (exact) mass is 237 g/mol. The molecule has 3 heteroatoms. The Morgan fingerprint density at radius 1 is 1.50 bits per heavy atom. The summed E-state index contributed by atoms with van der Waals surface area (Å²) in [5.41, 5.74) is 3.53. The Morgan fingerprint density at radius 3 is 3.06 bits per heavy atom. The highest BCUT2D eigenvalue weighted by Crippen LogP contribution is 2.32. The van der Waals surface area contributed by atoms with Crippen molar-refractivity contribution >= 4 is 23.2 Å². The molecule has 2 nitrogen and oxygen atoms in total. The van der Waals surface area contributed by atoms with E-state index in [1.165, 1.54) is 11.1 Å². The summed E-state index contributed by atoms with van der Waals surface area (Å²) in [6.07, 6.45) is 2.60. The fourth-order valence-corrected chi connectivity index (χ4v) is 2.28. The molecule has 0 bridgehead atoms. The van der Waals surface area contributed by atoms with Gasteiger partial charge in [-0.2, -0.15) is 0 Å². The molecule has 2 rings (SSSR count). The third-order valence-electron chi connectivity index (χ3n) is 3.01. The molecule has 0 unspecified atom stereocenters. The number of benzene rings is 1. The van der Waals surface area contributed by atoms with E-state index in [-0.39, 0.29) is 5.91 Å². The van der Waals surface area contributed by atoms with Crippen LogP contribution in [0, 0.1) is 0 Å². The zero-order valence-electron chi connectivity index (χ0n) is 9.42. The van der Waals surface area contributed by atoms with Crippen LogP contribution in [-0.2, 0) is 11.2 Å². The summed E-state index contributed by atoms with van der Waals surface area (Å²) in [7, 11) is 0. The van der Waals surface area contributed by atoms with E-state index in [0.717, 1.165) is 18.5 Å². The highest BCUT2D eigenvalue weighted by Gasteiger charge is 2.21. The molecule has 0 saturated carbocycles. The van der Waals surface area contributed by atoms with Crippen LogP contribution in [0.4, 0.5) is 5.69 Å². The molecule has 1 atom stereocenters. The first kappa shape index (κ1) is 11.5. The van der Waals surface area contributed by atoms with E-state index < -0.39 is 0 Å². The minimum absolute atomic E-state index is 0.119. The van der Waals surface area contributed by atoms with E-state index in [0.29, 0.717) is 18.2 Å². The molecule has 1 aromatic carbocycles. The normalized spacial score (nSPS) is 19.1. The first-order valence-electron chi connectivity index (χ1n) is 5.69. The van der Waals surface area contributed by atoms with Crippen molar-refractivity contribution in [2.24, 2.45) is 0 Å². The van der Waals surface area contributed by atoms with Gasteiger partial charge in [-0.3, -0.25) is 4.79 Å². The Hall–Kier alpha value is -1.02. The number of hydrogen-bond acceptors (Lipinski definition) is 1. The van der Waals surface area contributed by atoms with Gasteiger partial charge in [-0.15, -0.1) is 11.6 Å². The van der Waals surface area contributed by atoms with E-state index in [2.05, 4.69) is 24.4 Å². The number of anilines is 1. The van der Waals surface area contributed by atoms with Gasteiger partial charge in [0.25, 0.3) is 0 Å². The van der Waals surface area contributed by atoms with E-state index >= 15 is 0 Å². The standard InChI is InChI=1S/C13H16ClNO/c1-9-7-13(16)15-12-5-4-10(3-2-6-14)8-11(9)12/h4-5,8-9H,2-3,6-7H2,1H3,(H,15,16)/t9-/m0/s1. The molecular formula is C13H16ClNO. The number of halogens is 1. The number of aryl methyl sites for hydroxylation is 1. The number of amides is 1. The fraction of sp³-hybridized carbons (Fsp3) is 0.462. The number of fused-ring (bicyclic) bond motifs is 1. The van der Waals surface area contributed by atoms with Crippen molar-refractivity contribution in [2.75, 3.05) is 11.2 Å². The molecule has 1 aliphatic heterocycles. The summed E-state index contributed by atoms with van der Waals surface area (Å²) >= 11 is 5.69. The largest absolute Gasteiger partial charge is 0.326 e. The van der Waals surface area contributed by atoms with Gasteiger partial charge in [-0.1, -0.05) is 19.1 Å². The third-order valence-corrected chi connectivity index (χ3v) is 3.28. The van der Waals surface area contributed by atoms with Crippen molar-refractivity contribution in [3.05, 3.63) is 29.3 Å². The SMILES string of the molecule is C[C@H]1CC(=O)Nc2ccc(CCCCl)cc21. The Labute approximate surface area is 101 Å². The molecule has 86 valence electrons. The maximum atomic E-state index is 11.4. The molecule has 0 spiro atoms. The summed E-state index contributed by atoms with van der Waals surface area (Å²) in [5.74, 6) is 1.14. The summed E-state index contributed by atoms with van der Waals surface area (Å²) in [6.45, 7) is 2.10. The zero-order chi connectivity index (χ0) is 11.5. The maximum absolute atomic E-state index is 11.4. The zero-order valence-corrected chi connectivity index (χ0v) is 10.2. The smallest absolute Gasteiger partial charge is 0.224 e. The van der Waals surface area contributed by atoms with E-state index in [1.54, 1.807) is 0 Å². The number of carbonyl (C=O) groups is 1. The average Bonchev–Trinajstić information content (AvgIpc) is 2.26. The molecule has 16 heavy (non-hydrogen) atoms. The second-order valence-electron chi connectivity index (χ2n) is 4.37. The van der Waals surface area contributed by atoms with Gasteiger partial charge in [0.15, 0.2) is 0 Å². The molecule has 0 aliphatic carbocycles. The number of alkyl halides is 1. The Balaban J connectivity index is 2.24. The van der Waals surface area contributed by atoms with E-state index in [4.69, 9.17) is 11.6 Å². The van der Waals surface area contributed by atoms with Gasteiger partial charge in [-0.05, 0) is 36.0 Å². The molecule has 0 saturated heterocycles. The molecule has 0 aromatic heterocycles. The van der Waals surface area contributed by atoms with Crippen LogP contribution >= 0.6 is 11.6 Å². The maximum Gasteiger partial charge on any atom is 0.224 e. The van der Waals surface area contributed by atoms with Gasteiger partial charge in [0, 0.05) is 18.0 Å². The van der Waals surface area contributed by atoms with Gasteiger partial charge in [0.2, 0.25) is 5.91 Å². The second-order valence-corrected chi connectivity index (χ2v) is 4.75. The van der Waals surface area contributed by atoms with Gasteiger partial charge in [-0.25, -0.2) is 0 Å². The molecule has 1 N–H and O–H groups in total. The first-order valence-corrected chi connectivity index (χ1v) is 6.23. The van der Waals surface area contributed by atoms with Crippen molar-refractivity contribution in [3.63, 3.8) is 0 Å². The number of carbonyl (C=O) groups excluding carboxylic acids is 1. The topological polar surface area (TPSA) is 29.1 Å². The minimum atomic E-state index is 0.119. The van der Waals surface area contributed by atoms with E-state index in [9.17, 15) is 4.79 Å². The second kappa shape index (κ2) is 4.88. The Morgan fingerprint density at radius 2 is 2.31 bits per heavy atom. The fourth-order valence-electron chi connectivity index (χ4n) is 2.15. The Kier molecular flexibility index (Phi) is 3.49. The Bertz CT molecular complexity index is 403. The van der Waals surface area contributed by atoms with Gasteiger partial charge in [0.05, 0.1) is 0 Å². The van der Waals surface area contributed by atoms with Crippen molar-refractivity contribution in [1.29, 1.82) is 0 Å². The summed E-state index contributed by atoms with van der Waals surface area (Å²) in [6, 6.07) is 6.28. The predicted octanol–water partition coefficient (Wildman–Crippen LogP) is 3.30. The van der Waals surface area contributed by atoms with Crippen LogP contribution in [0.3, 0.4) is 0 Å². The van der Waals surface area contributed by atoms with Crippen molar-refractivity contribution in [3.8, 4) is 0 Å².